The number of rotatable bonds is 2. The van der Waals surface area contributed by atoms with Crippen LogP contribution in [0.4, 0.5) is 5.69 Å². The molecule has 0 heterocycles. The summed E-state index contributed by atoms with van der Waals surface area (Å²) in [6.07, 6.45) is 1.01. The number of carbonyl (C=O) groups excluding carboxylic acids is 2. The van der Waals surface area contributed by atoms with Gasteiger partial charge >= 0.3 is 0 Å². The van der Waals surface area contributed by atoms with E-state index in [2.05, 4.69) is 17.2 Å². The third-order valence-corrected chi connectivity index (χ3v) is 1.62. The first-order chi connectivity index (χ1) is 7.22. The highest BCUT2D eigenvalue weighted by Crippen LogP contribution is 2.08. The van der Waals surface area contributed by atoms with Gasteiger partial charge in [-0.15, -0.1) is 0 Å². The monoisotopic (exact) mass is 201 g/mol. The van der Waals surface area contributed by atoms with Crippen molar-refractivity contribution in [3.05, 3.63) is 29.8 Å². The Bertz CT molecular complexity index is 409. The average molecular weight is 201 g/mol. The maximum atomic E-state index is 10.7. The lowest BCUT2D eigenvalue weighted by molar-refractivity contribution is -0.114. The SMILES string of the molecule is CC(=O)Nc1ccc(C#CCC=O)cc1. The summed E-state index contributed by atoms with van der Waals surface area (Å²) >= 11 is 0. The number of anilines is 1. The van der Waals surface area contributed by atoms with Crippen LogP contribution in [0.3, 0.4) is 0 Å². The number of nitrogens with one attached hydrogen (secondary N) is 1. The largest absolute Gasteiger partial charge is 0.326 e. The highest BCUT2D eigenvalue weighted by atomic mass is 16.1. The predicted molar refractivity (Wildman–Crippen MR) is 58.3 cm³/mol. The lowest BCUT2D eigenvalue weighted by Gasteiger charge is -2.00. The van der Waals surface area contributed by atoms with E-state index in [1.54, 1.807) is 24.3 Å². The molecule has 0 aliphatic carbocycles. The van der Waals surface area contributed by atoms with Crippen LogP contribution in [0.25, 0.3) is 0 Å². The second-order valence-electron chi connectivity index (χ2n) is 2.93. The zero-order valence-electron chi connectivity index (χ0n) is 8.41. The van der Waals surface area contributed by atoms with Crippen molar-refractivity contribution in [3.63, 3.8) is 0 Å². The van der Waals surface area contributed by atoms with E-state index in [4.69, 9.17) is 0 Å². The van der Waals surface area contributed by atoms with Crippen molar-refractivity contribution in [2.45, 2.75) is 13.3 Å². The standard InChI is InChI=1S/C12H11NO2/c1-10(15)13-12-7-5-11(6-8-12)4-2-3-9-14/h5-9H,3H2,1H3,(H,13,15). The highest BCUT2D eigenvalue weighted by molar-refractivity contribution is 5.88. The lowest BCUT2D eigenvalue weighted by Crippen LogP contribution is -2.05. The van der Waals surface area contributed by atoms with E-state index in [9.17, 15) is 9.59 Å². The molecule has 0 radical (unpaired) electrons. The van der Waals surface area contributed by atoms with E-state index in [1.807, 2.05) is 0 Å². The molecule has 1 rings (SSSR count). The molecule has 0 aliphatic rings. The van der Waals surface area contributed by atoms with Crippen molar-refractivity contribution >= 4 is 17.9 Å². The molecule has 1 N–H and O–H groups in total. The topological polar surface area (TPSA) is 46.2 Å². The quantitative estimate of drug-likeness (QED) is 0.583. The van der Waals surface area contributed by atoms with Crippen LogP contribution in [0.15, 0.2) is 24.3 Å². The van der Waals surface area contributed by atoms with Crippen molar-refractivity contribution in [3.8, 4) is 11.8 Å². The molecule has 0 aliphatic heterocycles. The number of carbonyl (C=O) groups is 2. The molecule has 76 valence electrons. The number of hydrogen-bond acceptors (Lipinski definition) is 2. The van der Waals surface area contributed by atoms with Crippen LogP contribution in [0, 0.1) is 11.8 Å². The molecular weight excluding hydrogens is 190 g/mol. The zero-order chi connectivity index (χ0) is 11.1. The van der Waals surface area contributed by atoms with Crippen molar-refractivity contribution in [1.82, 2.24) is 0 Å². The summed E-state index contributed by atoms with van der Waals surface area (Å²) in [5, 5.41) is 2.66. The van der Waals surface area contributed by atoms with E-state index >= 15 is 0 Å². The summed E-state index contributed by atoms with van der Waals surface area (Å²) in [5.74, 6) is 5.44. The molecule has 3 nitrogen and oxygen atoms in total. The number of aldehydes is 1. The predicted octanol–water partition coefficient (Wildman–Crippen LogP) is 1.59. The van der Waals surface area contributed by atoms with Gasteiger partial charge in [0.25, 0.3) is 0 Å². The molecule has 0 saturated heterocycles. The maximum Gasteiger partial charge on any atom is 0.221 e. The summed E-state index contributed by atoms with van der Waals surface area (Å²) < 4.78 is 0. The summed E-state index contributed by atoms with van der Waals surface area (Å²) in [4.78, 5) is 20.8. The molecule has 1 aromatic carbocycles. The van der Waals surface area contributed by atoms with E-state index in [0.717, 1.165) is 17.5 Å². The zero-order valence-corrected chi connectivity index (χ0v) is 8.41. The molecule has 3 heteroatoms. The molecule has 0 unspecified atom stereocenters. The fraction of sp³-hybridized carbons (Fsp3) is 0.167. The smallest absolute Gasteiger partial charge is 0.221 e. The summed E-state index contributed by atoms with van der Waals surface area (Å²) in [6, 6.07) is 7.13. The molecule has 0 saturated carbocycles. The molecule has 0 atom stereocenters. The van der Waals surface area contributed by atoms with Crippen molar-refractivity contribution in [1.29, 1.82) is 0 Å². The minimum Gasteiger partial charge on any atom is -0.326 e. The number of benzene rings is 1. The van der Waals surface area contributed by atoms with Gasteiger partial charge in [0, 0.05) is 18.2 Å². The minimum absolute atomic E-state index is 0.102. The fourth-order valence-corrected chi connectivity index (χ4v) is 1.03. The first kappa shape index (κ1) is 11.0. The Morgan fingerprint density at radius 1 is 1.40 bits per heavy atom. The van der Waals surface area contributed by atoms with Gasteiger partial charge in [0.2, 0.25) is 5.91 Å². The van der Waals surface area contributed by atoms with Crippen molar-refractivity contribution in [2.24, 2.45) is 0 Å². The molecule has 0 aromatic heterocycles. The van der Waals surface area contributed by atoms with Crippen LogP contribution in [0.2, 0.25) is 0 Å². The Labute approximate surface area is 88.5 Å². The second kappa shape index (κ2) is 5.61. The van der Waals surface area contributed by atoms with Crippen LogP contribution in [0.5, 0.6) is 0 Å². The van der Waals surface area contributed by atoms with Crippen molar-refractivity contribution in [2.75, 3.05) is 5.32 Å². The van der Waals surface area contributed by atoms with Gasteiger partial charge in [-0.05, 0) is 24.3 Å². The van der Waals surface area contributed by atoms with Crippen molar-refractivity contribution < 1.29 is 9.59 Å². The Morgan fingerprint density at radius 2 is 2.07 bits per heavy atom. The van der Waals surface area contributed by atoms with Gasteiger partial charge in [-0.25, -0.2) is 0 Å². The van der Waals surface area contributed by atoms with E-state index in [-0.39, 0.29) is 12.3 Å². The first-order valence-corrected chi connectivity index (χ1v) is 4.52. The van der Waals surface area contributed by atoms with Gasteiger partial charge in [0.1, 0.15) is 6.29 Å². The average Bonchev–Trinajstić information content (AvgIpc) is 2.20. The Morgan fingerprint density at radius 3 is 2.60 bits per heavy atom. The van der Waals surface area contributed by atoms with E-state index < -0.39 is 0 Å². The Balaban J connectivity index is 2.69. The summed E-state index contributed by atoms with van der Waals surface area (Å²) in [7, 11) is 0. The molecule has 0 fully saturated rings. The molecule has 0 bridgehead atoms. The van der Waals surface area contributed by atoms with Gasteiger partial charge < -0.3 is 10.1 Å². The molecule has 0 spiro atoms. The normalized spacial score (nSPS) is 8.60. The lowest BCUT2D eigenvalue weighted by atomic mass is 10.2. The first-order valence-electron chi connectivity index (χ1n) is 4.52. The van der Waals surface area contributed by atoms with E-state index in [1.165, 1.54) is 6.92 Å². The maximum absolute atomic E-state index is 10.7. The molecule has 1 aromatic rings. The van der Waals surface area contributed by atoms with Gasteiger partial charge in [-0.1, -0.05) is 11.8 Å². The van der Waals surface area contributed by atoms with Gasteiger partial charge in [0.05, 0.1) is 6.42 Å². The highest BCUT2D eigenvalue weighted by Gasteiger charge is 1.93. The second-order valence-corrected chi connectivity index (χ2v) is 2.93. The van der Waals surface area contributed by atoms with Gasteiger partial charge in [-0.3, -0.25) is 4.79 Å². The van der Waals surface area contributed by atoms with Crippen LogP contribution in [-0.4, -0.2) is 12.2 Å². The molecular formula is C12H11NO2. The third-order valence-electron chi connectivity index (χ3n) is 1.62. The van der Waals surface area contributed by atoms with Crippen LogP contribution >= 0.6 is 0 Å². The Hall–Kier alpha value is -2.08. The van der Waals surface area contributed by atoms with E-state index in [0.29, 0.717) is 0 Å². The van der Waals surface area contributed by atoms with Crippen LogP contribution in [-0.2, 0) is 9.59 Å². The van der Waals surface area contributed by atoms with Gasteiger partial charge in [-0.2, -0.15) is 0 Å². The number of hydrogen-bond donors (Lipinski definition) is 1. The molecule has 1 amide bonds. The van der Waals surface area contributed by atoms with Crippen LogP contribution < -0.4 is 5.32 Å². The van der Waals surface area contributed by atoms with Gasteiger partial charge in [0.15, 0.2) is 0 Å². The third kappa shape index (κ3) is 4.10. The summed E-state index contributed by atoms with van der Waals surface area (Å²) in [6.45, 7) is 1.46. The Kier molecular flexibility index (Phi) is 4.11. The minimum atomic E-state index is -0.102. The van der Waals surface area contributed by atoms with Crippen LogP contribution in [0.1, 0.15) is 18.9 Å². The number of amides is 1. The summed E-state index contributed by atoms with van der Waals surface area (Å²) in [5.41, 5.74) is 1.56. The molecule has 15 heavy (non-hydrogen) atoms. The fourth-order valence-electron chi connectivity index (χ4n) is 1.03.